The van der Waals surface area contributed by atoms with E-state index < -0.39 is 0 Å². The van der Waals surface area contributed by atoms with Gasteiger partial charge in [0.25, 0.3) is 11.8 Å². The molecule has 0 spiro atoms. The number of anilines is 1. The van der Waals surface area contributed by atoms with Crippen LogP contribution in [0.25, 0.3) is 5.57 Å². The molecule has 1 heterocycles. The molecule has 1 aliphatic heterocycles. The molecular weight excluding hydrogens is 384 g/mol. The number of para-hydroxylation sites is 1. The second kappa shape index (κ2) is 8.60. The molecule has 0 aromatic heterocycles. The molecule has 0 atom stereocenters. The molecule has 4 nitrogen and oxygen atoms in total. The van der Waals surface area contributed by atoms with Gasteiger partial charge in [0.2, 0.25) is 0 Å². The number of hydrogen-bond acceptors (Lipinski definition) is 3. The standard InChI is InChI=1S/C27H26N2O2/c1-4-28(18-21-11-7-5-8-12-21)25-24(23-16-15-19(2)17-20(23)3)26(30)29(27(25)31)22-13-9-6-10-14-22/h5-17H,4,18H2,1-3H3. The molecule has 156 valence electrons. The van der Waals surface area contributed by atoms with Gasteiger partial charge in [-0.3, -0.25) is 9.59 Å². The quantitative estimate of drug-likeness (QED) is 0.530. The van der Waals surface area contributed by atoms with Gasteiger partial charge in [-0.1, -0.05) is 72.3 Å². The Labute approximate surface area is 183 Å². The minimum absolute atomic E-state index is 0.273. The Morgan fingerprint density at radius 3 is 2.06 bits per heavy atom. The SMILES string of the molecule is CCN(Cc1ccccc1)C1=C(c2ccc(C)cc2C)C(=O)N(c2ccccc2)C1=O. The van der Waals surface area contributed by atoms with Crippen LogP contribution >= 0.6 is 0 Å². The highest BCUT2D eigenvalue weighted by Gasteiger charge is 2.42. The van der Waals surface area contributed by atoms with Crippen molar-refractivity contribution in [3.63, 3.8) is 0 Å². The Balaban J connectivity index is 1.87. The maximum atomic E-state index is 13.7. The molecule has 3 aromatic carbocycles. The average Bonchev–Trinajstić information content (AvgIpc) is 3.03. The lowest BCUT2D eigenvalue weighted by Gasteiger charge is -2.25. The van der Waals surface area contributed by atoms with Crippen molar-refractivity contribution in [3.8, 4) is 0 Å². The minimum atomic E-state index is -0.274. The monoisotopic (exact) mass is 410 g/mol. The van der Waals surface area contributed by atoms with Crippen LogP contribution in [0.15, 0.2) is 84.6 Å². The van der Waals surface area contributed by atoms with Gasteiger partial charge in [-0.2, -0.15) is 0 Å². The van der Waals surface area contributed by atoms with Crippen LogP contribution in [0.2, 0.25) is 0 Å². The molecule has 0 unspecified atom stereocenters. The predicted molar refractivity (Wildman–Crippen MR) is 124 cm³/mol. The lowest BCUT2D eigenvalue weighted by Crippen LogP contribution is -2.35. The first kappa shape index (κ1) is 20.6. The number of benzene rings is 3. The van der Waals surface area contributed by atoms with E-state index in [-0.39, 0.29) is 11.8 Å². The second-order valence-corrected chi connectivity index (χ2v) is 7.82. The molecule has 0 fully saturated rings. The first-order valence-electron chi connectivity index (χ1n) is 10.6. The van der Waals surface area contributed by atoms with Crippen LogP contribution in [-0.4, -0.2) is 23.3 Å². The van der Waals surface area contributed by atoms with E-state index in [1.807, 2.05) is 86.3 Å². The maximum absolute atomic E-state index is 13.7. The largest absolute Gasteiger partial charge is 0.362 e. The Hall–Kier alpha value is -3.66. The van der Waals surface area contributed by atoms with E-state index in [1.54, 1.807) is 12.1 Å². The Bertz CT molecular complexity index is 1150. The van der Waals surface area contributed by atoms with Gasteiger partial charge < -0.3 is 4.90 Å². The van der Waals surface area contributed by atoms with Crippen LogP contribution < -0.4 is 4.90 Å². The highest BCUT2D eigenvalue weighted by molar-refractivity contribution is 6.45. The zero-order valence-electron chi connectivity index (χ0n) is 18.1. The molecular formula is C27H26N2O2. The summed E-state index contributed by atoms with van der Waals surface area (Å²) in [6.07, 6.45) is 0. The molecule has 0 saturated carbocycles. The molecule has 3 aromatic rings. The van der Waals surface area contributed by atoms with Gasteiger partial charge in [0.05, 0.1) is 11.3 Å². The van der Waals surface area contributed by atoms with E-state index >= 15 is 0 Å². The van der Waals surface area contributed by atoms with Gasteiger partial charge >= 0.3 is 0 Å². The van der Waals surface area contributed by atoms with Crippen molar-refractivity contribution in [2.24, 2.45) is 0 Å². The number of rotatable bonds is 6. The van der Waals surface area contributed by atoms with Gasteiger partial charge in [-0.25, -0.2) is 4.90 Å². The van der Waals surface area contributed by atoms with Crippen molar-refractivity contribution in [1.82, 2.24) is 4.90 Å². The summed E-state index contributed by atoms with van der Waals surface area (Å²) in [5.41, 5.74) is 5.54. The summed E-state index contributed by atoms with van der Waals surface area (Å²) in [5.74, 6) is -0.548. The van der Waals surface area contributed by atoms with Crippen LogP contribution in [0.5, 0.6) is 0 Å². The Morgan fingerprint density at radius 2 is 1.45 bits per heavy atom. The molecule has 4 heteroatoms. The summed E-state index contributed by atoms with van der Waals surface area (Å²) >= 11 is 0. The highest BCUT2D eigenvalue weighted by Crippen LogP contribution is 2.36. The van der Waals surface area contributed by atoms with E-state index in [1.165, 1.54) is 4.90 Å². The van der Waals surface area contributed by atoms with Crippen molar-refractivity contribution in [2.75, 3.05) is 11.4 Å². The fourth-order valence-corrected chi connectivity index (χ4v) is 4.11. The third kappa shape index (κ3) is 3.89. The summed E-state index contributed by atoms with van der Waals surface area (Å²) in [4.78, 5) is 30.6. The lowest BCUT2D eigenvalue weighted by molar-refractivity contribution is -0.120. The molecule has 0 aliphatic carbocycles. The van der Waals surface area contributed by atoms with Crippen LogP contribution in [0.1, 0.15) is 29.2 Å². The smallest absolute Gasteiger partial charge is 0.282 e. The minimum Gasteiger partial charge on any atom is -0.362 e. The van der Waals surface area contributed by atoms with Crippen molar-refractivity contribution < 1.29 is 9.59 Å². The highest BCUT2D eigenvalue weighted by atomic mass is 16.2. The first-order chi connectivity index (χ1) is 15.0. The zero-order chi connectivity index (χ0) is 22.0. The number of amides is 2. The normalized spacial score (nSPS) is 13.8. The average molecular weight is 411 g/mol. The van der Waals surface area contributed by atoms with Gasteiger partial charge in [0.1, 0.15) is 5.70 Å². The number of carbonyl (C=O) groups excluding carboxylic acids is 2. The van der Waals surface area contributed by atoms with Gasteiger partial charge in [0.15, 0.2) is 0 Å². The van der Waals surface area contributed by atoms with Crippen molar-refractivity contribution in [2.45, 2.75) is 27.3 Å². The second-order valence-electron chi connectivity index (χ2n) is 7.82. The van der Waals surface area contributed by atoms with Gasteiger partial charge in [0, 0.05) is 13.1 Å². The van der Waals surface area contributed by atoms with Gasteiger partial charge in [-0.15, -0.1) is 0 Å². The topological polar surface area (TPSA) is 40.6 Å². The van der Waals surface area contributed by atoms with E-state index in [0.717, 1.165) is 22.3 Å². The molecule has 0 radical (unpaired) electrons. The van der Waals surface area contributed by atoms with Crippen LogP contribution in [0.3, 0.4) is 0 Å². The molecule has 0 N–H and O–H groups in total. The number of aryl methyl sites for hydroxylation is 2. The van der Waals surface area contributed by atoms with E-state index in [9.17, 15) is 9.59 Å². The Morgan fingerprint density at radius 1 is 0.806 bits per heavy atom. The lowest BCUT2D eigenvalue weighted by atomic mass is 9.97. The summed E-state index contributed by atoms with van der Waals surface area (Å²) in [6, 6.07) is 25.2. The molecule has 2 amide bonds. The van der Waals surface area contributed by atoms with Crippen LogP contribution in [0.4, 0.5) is 5.69 Å². The van der Waals surface area contributed by atoms with Crippen molar-refractivity contribution in [3.05, 3.63) is 107 Å². The summed E-state index contributed by atoms with van der Waals surface area (Å²) in [6.45, 7) is 7.20. The van der Waals surface area contributed by atoms with E-state index in [4.69, 9.17) is 0 Å². The van der Waals surface area contributed by atoms with E-state index in [2.05, 4.69) is 6.07 Å². The van der Waals surface area contributed by atoms with Crippen LogP contribution in [0, 0.1) is 13.8 Å². The maximum Gasteiger partial charge on any atom is 0.282 e. The van der Waals surface area contributed by atoms with Crippen LogP contribution in [-0.2, 0) is 16.1 Å². The summed E-state index contributed by atoms with van der Waals surface area (Å²) in [7, 11) is 0. The molecule has 0 bridgehead atoms. The molecule has 31 heavy (non-hydrogen) atoms. The molecule has 4 rings (SSSR count). The predicted octanol–water partition coefficient (Wildman–Crippen LogP) is 5.11. The first-order valence-corrected chi connectivity index (χ1v) is 10.6. The number of imide groups is 1. The fourth-order valence-electron chi connectivity index (χ4n) is 4.11. The number of likely N-dealkylation sites (N-methyl/N-ethyl adjacent to an activating group) is 1. The van der Waals surface area contributed by atoms with Crippen molar-refractivity contribution in [1.29, 1.82) is 0 Å². The number of hydrogen-bond donors (Lipinski definition) is 0. The third-order valence-electron chi connectivity index (χ3n) is 5.64. The van der Waals surface area contributed by atoms with E-state index in [0.29, 0.717) is 30.0 Å². The third-order valence-corrected chi connectivity index (χ3v) is 5.64. The van der Waals surface area contributed by atoms with Gasteiger partial charge in [-0.05, 0) is 49.6 Å². The number of nitrogens with zero attached hydrogens (tertiary/aromatic N) is 2. The Kier molecular flexibility index (Phi) is 5.72. The zero-order valence-corrected chi connectivity index (χ0v) is 18.1. The fraction of sp³-hybridized carbons (Fsp3) is 0.185. The number of carbonyl (C=O) groups is 2. The molecule has 0 saturated heterocycles. The summed E-state index contributed by atoms with van der Waals surface area (Å²) < 4.78 is 0. The van der Waals surface area contributed by atoms with Crippen molar-refractivity contribution >= 4 is 23.1 Å². The summed E-state index contributed by atoms with van der Waals surface area (Å²) in [5, 5.41) is 0. The molecule has 1 aliphatic rings.